The van der Waals surface area contributed by atoms with Crippen LogP contribution >= 0.6 is 11.3 Å². The maximum atomic E-state index is 3.85. The second-order valence-corrected chi connectivity index (χ2v) is 8.74. The highest BCUT2D eigenvalue weighted by molar-refractivity contribution is 7.11. The Morgan fingerprint density at radius 3 is 2.43 bits per heavy atom. The minimum atomic E-state index is 0.574. The molecular formula is C19H33NS. The summed E-state index contributed by atoms with van der Waals surface area (Å²) in [7, 11) is 0. The summed E-state index contributed by atoms with van der Waals surface area (Å²) in [4.78, 5) is 3.11. The summed E-state index contributed by atoms with van der Waals surface area (Å²) in [5.41, 5.74) is 0.574. The summed E-state index contributed by atoms with van der Waals surface area (Å²) in [6.45, 7) is 10.6. The van der Waals surface area contributed by atoms with Crippen molar-refractivity contribution in [3.8, 4) is 0 Å². The first kappa shape index (κ1) is 17.0. The van der Waals surface area contributed by atoms with Crippen LogP contribution in [0.3, 0.4) is 0 Å². The molecule has 1 nitrogen and oxygen atoms in total. The normalized spacial score (nSPS) is 20.6. The van der Waals surface area contributed by atoms with Gasteiger partial charge in [0.25, 0.3) is 0 Å². The molecule has 1 heterocycles. The van der Waals surface area contributed by atoms with E-state index in [1.165, 1.54) is 49.8 Å². The number of hydrogen-bond acceptors (Lipinski definition) is 2. The standard InChI is InChI=1S/C19H33NS/c1-5-13-20-18(14-17-8-7-16(6-2)21-17)15-9-11-19(3,4)12-10-15/h7-8,15,18,20H,5-6,9-14H2,1-4H3. The van der Waals surface area contributed by atoms with E-state index >= 15 is 0 Å². The van der Waals surface area contributed by atoms with E-state index in [0.29, 0.717) is 11.5 Å². The van der Waals surface area contributed by atoms with E-state index in [0.717, 1.165) is 12.5 Å². The molecule has 0 saturated heterocycles. The number of thiophene rings is 1. The van der Waals surface area contributed by atoms with Crippen molar-refractivity contribution in [3.05, 3.63) is 21.9 Å². The molecule has 21 heavy (non-hydrogen) atoms. The van der Waals surface area contributed by atoms with Gasteiger partial charge >= 0.3 is 0 Å². The third kappa shape index (κ3) is 5.10. The van der Waals surface area contributed by atoms with E-state index < -0.39 is 0 Å². The van der Waals surface area contributed by atoms with E-state index in [1.54, 1.807) is 4.88 Å². The molecular weight excluding hydrogens is 274 g/mol. The van der Waals surface area contributed by atoms with Crippen LogP contribution in [0.1, 0.15) is 69.6 Å². The predicted molar refractivity (Wildman–Crippen MR) is 95.2 cm³/mol. The Labute approximate surface area is 135 Å². The maximum absolute atomic E-state index is 3.85. The van der Waals surface area contributed by atoms with Gasteiger partial charge in [0, 0.05) is 15.8 Å². The predicted octanol–water partition coefficient (Wildman–Crippen LogP) is 5.44. The van der Waals surface area contributed by atoms with Crippen molar-refractivity contribution < 1.29 is 0 Å². The van der Waals surface area contributed by atoms with Crippen LogP contribution in [0, 0.1) is 11.3 Å². The highest BCUT2D eigenvalue weighted by Crippen LogP contribution is 2.40. The van der Waals surface area contributed by atoms with Crippen molar-refractivity contribution in [2.45, 2.75) is 78.7 Å². The van der Waals surface area contributed by atoms with Crippen molar-refractivity contribution >= 4 is 11.3 Å². The first-order valence-corrected chi connectivity index (χ1v) is 9.66. The van der Waals surface area contributed by atoms with Gasteiger partial charge in [-0.05, 0) is 75.0 Å². The van der Waals surface area contributed by atoms with Crippen LogP contribution in [-0.2, 0) is 12.8 Å². The average Bonchev–Trinajstić information content (AvgIpc) is 2.91. The van der Waals surface area contributed by atoms with Crippen LogP contribution in [0.15, 0.2) is 12.1 Å². The maximum Gasteiger partial charge on any atom is 0.0144 e. The lowest BCUT2D eigenvalue weighted by Crippen LogP contribution is -2.41. The molecule has 1 aromatic heterocycles. The minimum absolute atomic E-state index is 0.574. The zero-order valence-electron chi connectivity index (χ0n) is 14.4. The van der Waals surface area contributed by atoms with Crippen molar-refractivity contribution in [3.63, 3.8) is 0 Å². The molecule has 1 aromatic rings. The summed E-state index contributed by atoms with van der Waals surface area (Å²) >= 11 is 2.02. The molecule has 0 amide bonds. The molecule has 0 radical (unpaired) electrons. The van der Waals surface area contributed by atoms with Crippen LogP contribution in [0.5, 0.6) is 0 Å². The molecule has 0 aromatic carbocycles. The Morgan fingerprint density at radius 1 is 1.19 bits per heavy atom. The lowest BCUT2D eigenvalue weighted by molar-refractivity contribution is 0.161. The molecule has 2 heteroatoms. The molecule has 1 aliphatic rings. The van der Waals surface area contributed by atoms with Gasteiger partial charge in [0.2, 0.25) is 0 Å². The third-order valence-corrected chi connectivity index (χ3v) is 6.35. The fraction of sp³-hybridized carbons (Fsp3) is 0.789. The summed E-state index contributed by atoms with van der Waals surface area (Å²) in [5.74, 6) is 0.872. The van der Waals surface area contributed by atoms with Crippen molar-refractivity contribution in [1.29, 1.82) is 0 Å². The summed E-state index contributed by atoms with van der Waals surface area (Å²) in [6.07, 6.45) is 9.24. The first-order valence-electron chi connectivity index (χ1n) is 8.85. The molecule has 1 saturated carbocycles. The van der Waals surface area contributed by atoms with Crippen molar-refractivity contribution in [2.24, 2.45) is 11.3 Å². The molecule has 0 spiro atoms. The molecule has 0 aliphatic heterocycles. The van der Waals surface area contributed by atoms with Gasteiger partial charge in [0.05, 0.1) is 0 Å². The highest BCUT2D eigenvalue weighted by Gasteiger charge is 2.31. The van der Waals surface area contributed by atoms with Crippen LogP contribution < -0.4 is 5.32 Å². The largest absolute Gasteiger partial charge is 0.313 e. The van der Waals surface area contributed by atoms with Gasteiger partial charge < -0.3 is 5.32 Å². The third-order valence-electron chi connectivity index (χ3n) is 5.10. The molecule has 1 atom stereocenters. The van der Waals surface area contributed by atoms with Crippen molar-refractivity contribution in [1.82, 2.24) is 5.32 Å². The Hall–Kier alpha value is -0.340. The second-order valence-electron chi connectivity index (χ2n) is 7.49. The summed E-state index contributed by atoms with van der Waals surface area (Å²) in [5, 5.41) is 3.85. The molecule has 120 valence electrons. The fourth-order valence-electron chi connectivity index (χ4n) is 3.50. The average molecular weight is 308 g/mol. The minimum Gasteiger partial charge on any atom is -0.313 e. The number of nitrogens with one attached hydrogen (secondary N) is 1. The van der Waals surface area contributed by atoms with Gasteiger partial charge in [-0.25, -0.2) is 0 Å². The highest BCUT2D eigenvalue weighted by atomic mass is 32.1. The Bertz CT molecular complexity index is 411. The fourth-order valence-corrected chi connectivity index (χ4v) is 4.51. The van der Waals surface area contributed by atoms with Gasteiger partial charge in [-0.2, -0.15) is 0 Å². The van der Waals surface area contributed by atoms with Crippen LogP contribution in [0.2, 0.25) is 0 Å². The number of rotatable bonds is 7. The van der Waals surface area contributed by atoms with Crippen molar-refractivity contribution in [2.75, 3.05) is 6.54 Å². The van der Waals surface area contributed by atoms with Gasteiger partial charge in [0.1, 0.15) is 0 Å². The smallest absolute Gasteiger partial charge is 0.0144 e. The zero-order chi connectivity index (χ0) is 15.3. The van der Waals surface area contributed by atoms with E-state index in [1.807, 2.05) is 11.3 Å². The summed E-state index contributed by atoms with van der Waals surface area (Å²) in [6, 6.07) is 5.36. The monoisotopic (exact) mass is 307 g/mol. The first-order chi connectivity index (χ1) is 10.0. The van der Waals surface area contributed by atoms with Gasteiger partial charge in [-0.3, -0.25) is 0 Å². The number of aryl methyl sites for hydroxylation is 1. The molecule has 2 rings (SSSR count). The van der Waals surface area contributed by atoms with E-state index in [2.05, 4.69) is 45.1 Å². The quantitative estimate of drug-likeness (QED) is 0.707. The second kappa shape index (κ2) is 7.78. The topological polar surface area (TPSA) is 12.0 Å². The van der Waals surface area contributed by atoms with Gasteiger partial charge in [-0.1, -0.05) is 27.7 Å². The molecule has 1 unspecified atom stereocenters. The summed E-state index contributed by atoms with van der Waals surface area (Å²) < 4.78 is 0. The molecule has 0 bridgehead atoms. The van der Waals surface area contributed by atoms with E-state index in [-0.39, 0.29) is 0 Å². The van der Waals surface area contributed by atoms with Gasteiger partial charge in [-0.15, -0.1) is 11.3 Å². The lowest BCUT2D eigenvalue weighted by atomic mass is 9.70. The zero-order valence-corrected chi connectivity index (χ0v) is 15.2. The lowest BCUT2D eigenvalue weighted by Gasteiger charge is -2.38. The SMILES string of the molecule is CCCNC(Cc1ccc(CC)s1)C1CCC(C)(C)CC1. The van der Waals surface area contributed by atoms with E-state index in [9.17, 15) is 0 Å². The van der Waals surface area contributed by atoms with Crippen LogP contribution in [0.25, 0.3) is 0 Å². The Balaban J connectivity index is 1.97. The van der Waals surface area contributed by atoms with Crippen LogP contribution in [-0.4, -0.2) is 12.6 Å². The Kier molecular flexibility index (Phi) is 6.31. The number of hydrogen-bond donors (Lipinski definition) is 1. The van der Waals surface area contributed by atoms with Gasteiger partial charge in [0.15, 0.2) is 0 Å². The molecule has 1 aliphatic carbocycles. The van der Waals surface area contributed by atoms with E-state index in [4.69, 9.17) is 0 Å². The molecule has 1 fully saturated rings. The Morgan fingerprint density at radius 2 is 1.86 bits per heavy atom. The molecule has 1 N–H and O–H groups in total. The van der Waals surface area contributed by atoms with Crippen LogP contribution in [0.4, 0.5) is 0 Å².